The summed E-state index contributed by atoms with van der Waals surface area (Å²) in [5, 5.41) is 2.05. The maximum absolute atomic E-state index is 9.95. The van der Waals surface area contributed by atoms with Crippen LogP contribution in [0.15, 0.2) is 5.38 Å². The Morgan fingerprint density at radius 3 is 2.88 bits per heavy atom. The molecule has 0 unspecified atom stereocenters. The Bertz CT molecular complexity index is 198. The van der Waals surface area contributed by atoms with Crippen molar-refractivity contribution in [2.24, 2.45) is 0 Å². The van der Waals surface area contributed by atoms with Crippen LogP contribution in [-0.4, -0.2) is 10.7 Å². The van der Waals surface area contributed by atoms with Crippen LogP contribution in [0.4, 0.5) is 0 Å². The molecule has 0 aliphatic heterocycles. The fourth-order valence-corrected chi connectivity index (χ4v) is 1.09. The van der Waals surface area contributed by atoms with Crippen molar-refractivity contribution >= 4 is 29.4 Å². The molecule has 1 heterocycles. The summed E-state index contributed by atoms with van der Waals surface area (Å²) in [6, 6.07) is 0. The summed E-state index contributed by atoms with van der Waals surface area (Å²) < 4.78 is 3.68. The van der Waals surface area contributed by atoms with Crippen molar-refractivity contribution in [3.8, 4) is 0 Å². The summed E-state index contributed by atoms with van der Waals surface area (Å²) in [6.45, 7) is 0. The van der Waals surface area contributed by atoms with Gasteiger partial charge in [-0.2, -0.15) is 4.37 Å². The van der Waals surface area contributed by atoms with Gasteiger partial charge in [0, 0.05) is 5.38 Å². The summed E-state index contributed by atoms with van der Waals surface area (Å²) in [7, 11) is 0. The van der Waals surface area contributed by atoms with Crippen molar-refractivity contribution in [2.45, 2.75) is 0 Å². The molecule has 0 saturated heterocycles. The highest BCUT2D eigenvalue weighted by Gasteiger charge is 1.97. The molecule has 0 atom stereocenters. The number of carbonyl (C=O) groups is 1. The highest BCUT2D eigenvalue weighted by molar-refractivity contribution is 7.04. The lowest BCUT2D eigenvalue weighted by atomic mass is 10.5. The third-order valence-electron chi connectivity index (χ3n) is 0.664. The van der Waals surface area contributed by atoms with E-state index in [0.717, 1.165) is 0 Å². The lowest BCUT2D eigenvalue weighted by molar-refractivity contribution is 0.112. The summed E-state index contributed by atoms with van der Waals surface area (Å²) in [5.74, 6) is 0. The van der Waals surface area contributed by atoms with Gasteiger partial charge in [-0.25, -0.2) is 0 Å². The number of hydrogen-bond acceptors (Lipinski definition) is 3. The molecule has 0 aliphatic carbocycles. The minimum absolute atomic E-state index is 0.330. The van der Waals surface area contributed by atoms with Gasteiger partial charge >= 0.3 is 0 Å². The molecule has 1 aromatic heterocycles. The number of aromatic nitrogens is 1. The minimum Gasteiger partial charge on any atom is -0.296 e. The topological polar surface area (TPSA) is 30.0 Å². The number of hydrogen-bond donors (Lipinski definition) is 0. The van der Waals surface area contributed by atoms with Crippen molar-refractivity contribution in [3.63, 3.8) is 0 Å². The second kappa shape index (κ2) is 2.24. The standard InChI is InChI=1S/C4H2ClNOS/c5-3-2-8-6-4(3)1-7/h1-2H. The number of carbonyl (C=O) groups excluding carboxylic acids is 1. The van der Waals surface area contributed by atoms with E-state index < -0.39 is 0 Å². The highest BCUT2D eigenvalue weighted by Crippen LogP contribution is 2.13. The van der Waals surface area contributed by atoms with E-state index in [2.05, 4.69) is 4.37 Å². The van der Waals surface area contributed by atoms with Crippen molar-refractivity contribution in [1.29, 1.82) is 0 Å². The molecule has 0 saturated carbocycles. The number of aldehydes is 1. The first-order valence-electron chi connectivity index (χ1n) is 1.89. The van der Waals surface area contributed by atoms with E-state index in [0.29, 0.717) is 17.0 Å². The third-order valence-corrected chi connectivity index (χ3v) is 1.74. The predicted octanol–water partition coefficient (Wildman–Crippen LogP) is 1.61. The highest BCUT2D eigenvalue weighted by atomic mass is 35.5. The van der Waals surface area contributed by atoms with Crippen molar-refractivity contribution < 1.29 is 4.79 Å². The van der Waals surface area contributed by atoms with Crippen LogP contribution in [0.3, 0.4) is 0 Å². The third kappa shape index (κ3) is 0.877. The molecule has 0 aliphatic rings. The van der Waals surface area contributed by atoms with E-state index in [1.807, 2.05) is 0 Å². The first-order chi connectivity index (χ1) is 3.84. The lowest BCUT2D eigenvalue weighted by Crippen LogP contribution is -1.75. The van der Waals surface area contributed by atoms with E-state index in [1.54, 1.807) is 5.38 Å². The molecule has 0 amide bonds. The molecular formula is C4H2ClNOS. The molecular weight excluding hydrogens is 146 g/mol. The summed E-state index contributed by atoms with van der Waals surface area (Å²) in [6.07, 6.45) is 0.638. The van der Waals surface area contributed by atoms with Gasteiger partial charge in [0.05, 0.1) is 5.02 Å². The van der Waals surface area contributed by atoms with Gasteiger partial charge in [0.15, 0.2) is 6.29 Å². The smallest absolute Gasteiger partial charge is 0.171 e. The Morgan fingerprint density at radius 1 is 1.88 bits per heavy atom. The zero-order valence-electron chi connectivity index (χ0n) is 3.80. The maximum Gasteiger partial charge on any atom is 0.171 e. The quantitative estimate of drug-likeness (QED) is 0.565. The zero-order chi connectivity index (χ0) is 5.98. The summed E-state index contributed by atoms with van der Waals surface area (Å²) >= 11 is 6.63. The maximum atomic E-state index is 9.95. The fourth-order valence-electron chi connectivity index (χ4n) is 0.311. The van der Waals surface area contributed by atoms with E-state index in [1.165, 1.54) is 11.5 Å². The number of halogens is 1. The number of nitrogens with zero attached hydrogens (tertiary/aromatic N) is 1. The van der Waals surface area contributed by atoms with Gasteiger partial charge in [0.1, 0.15) is 5.69 Å². The lowest BCUT2D eigenvalue weighted by Gasteiger charge is -1.74. The molecule has 0 bridgehead atoms. The van der Waals surface area contributed by atoms with Crippen molar-refractivity contribution in [3.05, 3.63) is 16.1 Å². The van der Waals surface area contributed by atoms with E-state index >= 15 is 0 Å². The Morgan fingerprint density at radius 2 is 2.62 bits per heavy atom. The zero-order valence-corrected chi connectivity index (χ0v) is 5.37. The van der Waals surface area contributed by atoms with Crippen LogP contribution >= 0.6 is 23.1 Å². The molecule has 0 spiro atoms. The minimum atomic E-state index is 0.330. The Kier molecular flexibility index (Phi) is 1.60. The first kappa shape index (κ1) is 5.72. The van der Waals surface area contributed by atoms with E-state index in [-0.39, 0.29) is 0 Å². The van der Waals surface area contributed by atoms with Gasteiger partial charge in [0.2, 0.25) is 0 Å². The van der Waals surface area contributed by atoms with Gasteiger partial charge in [-0.05, 0) is 11.5 Å². The molecule has 0 aromatic carbocycles. The van der Waals surface area contributed by atoms with Crippen LogP contribution in [-0.2, 0) is 0 Å². The monoisotopic (exact) mass is 147 g/mol. The van der Waals surface area contributed by atoms with Gasteiger partial charge in [0.25, 0.3) is 0 Å². The van der Waals surface area contributed by atoms with Gasteiger partial charge in [-0.15, -0.1) is 0 Å². The fraction of sp³-hybridized carbons (Fsp3) is 0. The van der Waals surface area contributed by atoms with Crippen LogP contribution in [0.5, 0.6) is 0 Å². The number of rotatable bonds is 1. The molecule has 0 fully saturated rings. The van der Waals surface area contributed by atoms with Crippen LogP contribution in [0.25, 0.3) is 0 Å². The Balaban J connectivity index is 3.09. The Hall–Kier alpha value is -0.410. The molecule has 0 radical (unpaired) electrons. The average Bonchev–Trinajstić information content (AvgIpc) is 2.14. The summed E-state index contributed by atoms with van der Waals surface area (Å²) in [5.41, 5.74) is 0.330. The second-order valence-electron chi connectivity index (χ2n) is 1.17. The molecule has 0 N–H and O–H groups in total. The normalized spacial score (nSPS) is 9.12. The molecule has 1 rings (SSSR count). The molecule has 2 nitrogen and oxygen atoms in total. The molecule has 8 heavy (non-hydrogen) atoms. The predicted molar refractivity (Wildman–Crippen MR) is 32.5 cm³/mol. The van der Waals surface area contributed by atoms with Crippen molar-refractivity contribution in [1.82, 2.24) is 4.37 Å². The van der Waals surface area contributed by atoms with Crippen LogP contribution in [0, 0.1) is 0 Å². The summed E-state index contributed by atoms with van der Waals surface area (Å²) in [4.78, 5) is 9.95. The SMILES string of the molecule is O=Cc1nscc1Cl. The van der Waals surface area contributed by atoms with Gasteiger partial charge in [-0.1, -0.05) is 11.6 Å². The van der Waals surface area contributed by atoms with Crippen LogP contribution < -0.4 is 0 Å². The largest absolute Gasteiger partial charge is 0.296 e. The first-order valence-corrected chi connectivity index (χ1v) is 3.11. The molecule has 42 valence electrons. The molecule has 4 heteroatoms. The average molecular weight is 148 g/mol. The van der Waals surface area contributed by atoms with Gasteiger partial charge in [-0.3, -0.25) is 4.79 Å². The van der Waals surface area contributed by atoms with E-state index in [9.17, 15) is 4.79 Å². The van der Waals surface area contributed by atoms with E-state index in [4.69, 9.17) is 11.6 Å². The Labute approximate surface area is 55.3 Å². The van der Waals surface area contributed by atoms with Gasteiger partial charge < -0.3 is 0 Å². The van der Waals surface area contributed by atoms with Crippen molar-refractivity contribution in [2.75, 3.05) is 0 Å². The second-order valence-corrected chi connectivity index (χ2v) is 2.20. The molecule has 1 aromatic rings. The van der Waals surface area contributed by atoms with Crippen LogP contribution in [0.1, 0.15) is 10.5 Å². The van der Waals surface area contributed by atoms with Crippen LogP contribution in [0.2, 0.25) is 5.02 Å².